The van der Waals surface area contributed by atoms with Crippen molar-refractivity contribution in [2.75, 3.05) is 13.1 Å². The number of benzene rings is 1. The third-order valence-electron chi connectivity index (χ3n) is 5.65. The van der Waals surface area contributed by atoms with E-state index in [1.807, 2.05) is 6.92 Å². The summed E-state index contributed by atoms with van der Waals surface area (Å²) in [5, 5.41) is 10.3. The van der Waals surface area contributed by atoms with E-state index in [0.29, 0.717) is 6.04 Å². The highest BCUT2D eigenvalue weighted by molar-refractivity contribution is 5.32. The molecule has 1 heterocycles. The van der Waals surface area contributed by atoms with Crippen LogP contribution in [0.15, 0.2) is 35.9 Å². The van der Waals surface area contributed by atoms with Gasteiger partial charge in [0.25, 0.3) is 0 Å². The molecule has 3 heteroatoms. The van der Waals surface area contributed by atoms with Crippen LogP contribution in [-0.2, 0) is 5.41 Å². The van der Waals surface area contributed by atoms with Gasteiger partial charge >= 0.3 is 0 Å². The van der Waals surface area contributed by atoms with Gasteiger partial charge in [-0.2, -0.15) is 0 Å². The average Bonchev–Trinajstić information content (AvgIpc) is 2.52. The second-order valence-corrected chi connectivity index (χ2v) is 10.7. The van der Waals surface area contributed by atoms with E-state index < -0.39 is 5.60 Å². The smallest absolute Gasteiger partial charge is 0.120 e. The van der Waals surface area contributed by atoms with E-state index >= 15 is 0 Å². The third-order valence-corrected chi connectivity index (χ3v) is 5.65. The van der Waals surface area contributed by atoms with E-state index in [1.54, 1.807) is 0 Å². The van der Waals surface area contributed by atoms with Gasteiger partial charge in [-0.25, -0.2) is 0 Å². The number of ether oxygens (including phenoxy) is 1. The Kier molecular flexibility index (Phi) is 7.04. The maximum Gasteiger partial charge on any atom is 0.120 e. The monoisotopic (exact) mass is 387 g/mol. The fourth-order valence-electron chi connectivity index (χ4n) is 3.98. The molecule has 158 valence electrons. The van der Waals surface area contributed by atoms with Gasteiger partial charge in [-0.15, -0.1) is 0 Å². The van der Waals surface area contributed by atoms with Gasteiger partial charge in [0, 0.05) is 19.1 Å². The van der Waals surface area contributed by atoms with Crippen molar-refractivity contribution in [2.24, 2.45) is 0 Å². The van der Waals surface area contributed by atoms with Crippen LogP contribution in [0.1, 0.15) is 80.2 Å². The minimum absolute atomic E-state index is 0.0524. The lowest BCUT2D eigenvalue weighted by Gasteiger charge is -2.42. The second-order valence-electron chi connectivity index (χ2n) is 10.7. The zero-order valence-electron chi connectivity index (χ0n) is 19.3. The summed E-state index contributed by atoms with van der Waals surface area (Å²) in [5.74, 6) is 0.922. The Bertz CT molecular complexity index is 651. The average molecular weight is 388 g/mol. The number of nitrogens with zero attached hydrogens (tertiary/aromatic N) is 1. The molecule has 1 aliphatic rings. The lowest BCUT2D eigenvalue weighted by Crippen LogP contribution is -2.48. The summed E-state index contributed by atoms with van der Waals surface area (Å²) in [6, 6.07) is 9.00. The number of hydrogen-bond donors (Lipinski definition) is 1. The van der Waals surface area contributed by atoms with Gasteiger partial charge in [0.2, 0.25) is 0 Å². The first-order chi connectivity index (χ1) is 12.8. The van der Waals surface area contributed by atoms with Crippen molar-refractivity contribution >= 4 is 0 Å². The molecule has 1 aliphatic heterocycles. The maximum atomic E-state index is 10.3. The summed E-state index contributed by atoms with van der Waals surface area (Å²) >= 11 is 0. The molecule has 1 unspecified atom stereocenters. The summed E-state index contributed by atoms with van der Waals surface area (Å²) in [6.45, 7) is 19.1. The van der Waals surface area contributed by atoms with E-state index in [2.05, 4.69) is 83.7 Å². The first-order valence-electron chi connectivity index (χ1n) is 10.7. The number of hydrogen-bond acceptors (Lipinski definition) is 3. The van der Waals surface area contributed by atoms with E-state index in [9.17, 15) is 5.11 Å². The Morgan fingerprint density at radius 3 is 2.11 bits per heavy atom. The minimum Gasteiger partial charge on any atom is -0.488 e. The molecule has 0 radical (unpaired) electrons. The first-order valence-corrected chi connectivity index (χ1v) is 10.7. The summed E-state index contributed by atoms with van der Waals surface area (Å²) in [4.78, 5) is 2.55. The topological polar surface area (TPSA) is 32.7 Å². The molecule has 0 aliphatic carbocycles. The zero-order valence-corrected chi connectivity index (χ0v) is 19.3. The van der Waals surface area contributed by atoms with Crippen molar-refractivity contribution < 1.29 is 9.84 Å². The highest BCUT2D eigenvalue weighted by Gasteiger charge is 2.33. The number of rotatable bonds is 6. The summed E-state index contributed by atoms with van der Waals surface area (Å²) in [5.41, 5.74) is 2.06. The molecule has 1 aromatic carbocycles. The van der Waals surface area contributed by atoms with Crippen molar-refractivity contribution in [3.63, 3.8) is 0 Å². The van der Waals surface area contributed by atoms with Crippen LogP contribution in [0.25, 0.3) is 0 Å². The molecule has 0 bridgehead atoms. The van der Waals surface area contributed by atoms with Gasteiger partial charge in [-0.1, -0.05) is 37.6 Å². The van der Waals surface area contributed by atoms with Crippen LogP contribution in [0.4, 0.5) is 0 Å². The predicted molar refractivity (Wildman–Crippen MR) is 119 cm³/mol. The van der Waals surface area contributed by atoms with Gasteiger partial charge in [-0.3, -0.25) is 4.90 Å². The molecular formula is C25H41NO2. The molecule has 28 heavy (non-hydrogen) atoms. The summed E-state index contributed by atoms with van der Waals surface area (Å²) in [6.07, 6.45) is 5.15. The molecule has 1 N–H and O–H groups in total. The SMILES string of the molecule is CC(C)=CC(CC(C)(C)c1ccc(OC(C)(C)C)cc1)N1CCC(C)(O)CC1. The number of aliphatic hydroxyl groups is 1. The molecule has 1 fully saturated rings. The Hall–Kier alpha value is -1.32. The van der Waals surface area contributed by atoms with Crippen LogP contribution < -0.4 is 4.74 Å². The van der Waals surface area contributed by atoms with Crippen LogP contribution in [0.2, 0.25) is 0 Å². The highest BCUT2D eigenvalue weighted by atomic mass is 16.5. The van der Waals surface area contributed by atoms with Crippen LogP contribution in [-0.4, -0.2) is 40.3 Å². The Labute approximate surface area is 172 Å². The van der Waals surface area contributed by atoms with Crippen LogP contribution >= 0.6 is 0 Å². The molecule has 3 nitrogen and oxygen atoms in total. The van der Waals surface area contributed by atoms with Gasteiger partial charge < -0.3 is 9.84 Å². The molecule has 1 saturated heterocycles. The Balaban J connectivity index is 2.14. The molecule has 1 aromatic rings. The van der Waals surface area contributed by atoms with Crippen molar-refractivity contribution in [1.29, 1.82) is 0 Å². The number of likely N-dealkylation sites (tertiary alicyclic amines) is 1. The molecule has 0 saturated carbocycles. The zero-order chi connectivity index (χ0) is 21.2. The molecule has 0 spiro atoms. The van der Waals surface area contributed by atoms with Crippen LogP contribution in [0.3, 0.4) is 0 Å². The number of piperidine rings is 1. The van der Waals surface area contributed by atoms with Gasteiger partial charge in [-0.05, 0) is 83.9 Å². The van der Waals surface area contributed by atoms with E-state index in [0.717, 1.165) is 38.1 Å². The van der Waals surface area contributed by atoms with Crippen molar-refractivity contribution in [1.82, 2.24) is 4.90 Å². The normalized spacial score (nSPS) is 19.2. The van der Waals surface area contributed by atoms with Crippen molar-refractivity contribution in [3.05, 3.63) is 41.5 Å². The summed E-state index contributed by atoms with van der Waals surface area (Å²) < 4.78 is 5.98. The summed E-state index contributed by atoms with van der Waals surface area (Å²) in [7, 11) is 0. The van der Waals surface area contributed by atoms with Crippen molar-refractivity contribution in [2.45, 2.75) is 97.3 Å². The third kappa shape index (κ3) is 6.93. The van der Waals surface area contributed by atoms with Crippen LogP contribution in [0, 0.1) is 0 Å². The largest absolute Gasteiger partial charge is 0.488 e. The fourth-order valence-corrected chi connectivity index (χ4v) is 3.98. The molecule has 0 aromatic heterocycles. The Morgan fingerprint density at radius 1 is 1.11 bits per heavy atom. The minimum atomic E-state index is -0.509. The second kappa shape index (κ2) is 8.59. The lowest BCUT2D eigenvalue weighted by atomic mass is 9.78. The van der Waals surface area contributed by atoms with E-state index in [-0.39, 0.29) is 11.0 Å². The predicted octanol–water partition coefficient (Wildman–Crippen LogP) is 5.71. The Morgan fingerprint density at radius 2 is 1.64 bits per heavy atom. The molecule has 2 rings (SSSR count). The first kappa shape index (κ1) is 23.0. The van der Waals surface area contributed by atoms with Gasteiger partial charge in [0.1, 0.15) is 11.4 Å². The highest BCUT2D eigenvalue weighted by Crippen LogP contribution is 2.34. The fraction of sp³-hybridized carbons (Fsp3) is 0.680. The quantitative estimate of drug-likeness (QED) is 0.634. The maximum absolute atomic E-state index is 10.3. The standard InChI is InChI=1S/C25H41NO2/c1-19(2)17-21(26-15-13-25(8,27)14-16-26)18-24(6,7)20-9-11-22(12-10-20)28-23(3,4)5/h9-12,17,21,27H,13-16,18H2,1-8H3. The number of allylic oxidation sites excluding steroid dienone is 1. The van der Waals surface area contributed by atoms with Crippen LogP contribution in [0.5, 0.6) is 5.75 Å². The van der Waals surface area contributed by atoms with E-state index in [1.165, 1.54) is 11.1 Å². The van der Waals surface area contributed by atoms with Crippen molar-refractivity contribution in [3.8, 4) is 5.75 Å². The molecule has 0 amide bonds. The van der Waals surface area contributed by atoms with Gasteiger partial charge in [0.05, 0.1) is 5.60 Å². The molecular weight excluding hydrogens is 346 g/mol. The van der Waals surface area contributed by atoms with Gasteiger partial charge in [0.15, 0.2) is 0 Å². The molecule has 1 atom stereocenters. The lowest BCUT2D eigenvalue weighted by molar-refractivity contribution is -0.0140. The van der Waals surface area contributed by atoms with E-state index in [4.69, 9.17) is 4.74 Å².